The third-order valence-electron chi connectivity index (χ3n) is 9.84. The summed E-state index contributed by atoms with van der Waals surface area (Å²) in [5.41, 5.74) is 0.804. The molecule has 2 fully saturated rings. The van der Waals surface area contributed by atoms with E-state index in [0.717, 1.165) is 31.4 Å². The van der Waals surface area contributed by atoms with Crippen LogP contribution >= 0.6 is 11.6 Å². The molecule has 2 aromatic heterocycles. The fourth-order valence-electron chi connectivity index (χ4n) is 7.28. The molecule has 3 heterocycles. The molecule has 2 aromatic carbocycles. The topological polar surface area (TPSA) is 120 Å². The van der Waals surface area contributed by atoms with Crippen molar-refractivity contribution in [3.05, 3.63) is 87.8 Å². The molecule has 1 N–H and O–H groups in total. The fourth-order valence-corrected chi connectivity index (χ4v) is 7.41. The average Bonchev–Trinajstić information content (AvgIpc) is 3.61. The summed E-state index contributed by atoms with van der Waals surface area (Å²) in [6.45, 7) is 4.50. The van der Waals surface area contributed by atoms with Crippen molar-refractivity contribution in [3.8, 4) is 5.75 Å². The van der Waals surface area contributed by atoms with E-state index < -0.39 is 11.9 Å². The highest BCUT2D eigenvalue weighted by Crippen LogP contribution is 2.47. The number of rotatable bonds is 11. The van der Waals surface area contributed by atoms with Crippen molar-refractivity contribution in [2.45, 2.75) is 77.3 Å². The van der Waals surface area contributed by atoms with Crippen LogP contribution in [0.15, 0.2) is 70.4 Å². The lowest BCUT2D eigenvalue weighted by Crippen LogP contribution is -2.54. The Bertz CT molecular complexity index is 1730. The molecule has 2 aliphatic rings. The number of hydrogen-bond donors (Lipinski definition) is 1. The molecule has 0 spiro atoms. The van der Waals surface area contributed by atoms with Gasteiger partial charge in [0.15, 0.2) is 11.2 Å². The van der Waals surface area contributed by atoms with Gasteiger partial charge in [0.2, 0.25) is 5.91 Å². The molecule has 1 aliphatic heterocycles. The number of likely N-dealkylation sites (tertiary alicyclic amines) is 1. The second-order valence-corrected chi connectivity index (χ2v) is 13.4. The van der Waals surface area contributed by atoms with Gasteiger partial charge in [-0.15, -0.1) is 0 Å². The van der Waals surface area contributed by atoms with Crippen molar-refractivity contribution in [2.75, 3.05) is 19.7 Å². The van der Waals surface area contributed by atoms with Gasteiger partial charge in [0.1, 0.15) is 30.0 Å². The van der Waals surface area contributed by atoms with E-state index in [0.29, 0.717) is 41.8 Å². The van der Waals surface area contributed by atoms with Gasteiger partial charge in [-0.05, 0) is 79.3 Å². The molecule has 1 saturated carbocycles. The zero-order chi connectivity index (χ0) is 32.8. The standard InChI is InChI=1S/C36H42ClN5O5/c1-2-18-46-28-12-13-32-29(20-28)31(43)21-33(47-32)34(44)40-30(19-25-8-10-27(37)11-9-25)35(45)41-16-14-36(15-17-41,22-42-24-38-23-39-42)26-6-4-3-5-7-26/h8-13,20-21,23-24,26,30H,2-7,14-19,22H2,1H3,(H,40,44)/t30-/m1/s1. The highest BCUT2D eigenvalue weighted by Gasteiger charge is 2.44. The van der Waals surface area contributed by atoms with Crippen LogP contribution in [0.2, 0.25) is 5.02 Å². The Labute approximate surface area is 279 Å². The first kappa shape index (κ1) is 32.7. The van der Waals surface area contributed by atoms with E-state index in [9.17, 15) is 14.4 Å². The largest absolute Gasteiger partial charge is 0.494 e. The Morgan fingerprint density at radius 2 is 1.85 bits per heavy atom. The minimum absolute atomic E-state index is 0.0375. The van der Waals surface area contributed by atoms with Crippen molar-refractivity contribution in [1.29, 1.82) is 0 Å². The molecule has 1 aliphatic carbocycles. The van der Waals surface area contributed by atoms with Gasteiger partial charge in [-0.1, -0.05) is 49.9 Å². The van der Waals surface area contributed by atoms with E-state index >= 15 is 0 Å². The normalized spacial score (nSPS) is 17.4. The number of aromatic nitrogens is 3. The van der Waals surface area contributed by atoms with E-state index in [-0.39, 0.29) is 34.5 Å². The number of carbonyl (C=O) groups is 2. The fraction of sp³-hybridized carbons (Fsp3) is 0.472. The summed E-state index contributed by atoms with van der Waals surface area (Å²) in [6, 6.07) is 12.5. The van der Waals surface area contributed by atoms with Gasteiger partial charge >= 0.3 is 0 Å². The van der Waals surface area contributed by atoms with Crippen molar-refractivity contribution in [1.82, 2.24) is 25.0 Å². The number of nitrogens with zero attached hydrogens (tertiary/aromatic N) is 4. The number of amides is 2. The second-order valence-electron chi connectivity index (χ2n) is 13.0. The SMILES string of the molecule is CCCOc1ccc2oc(C(=O)N[C@H](Cc3ccc(Cl)cc3)C(=O)N3CCC(Cn4cncn4)(C4CCCCC4)CC3)cc(=O)c2c1. The summed E-state index contributed by atoms with van der Waals surface area (Å²) < 4.78 is 13.5. The van der Waals surface area contributed by atoms with Gasteiger partial charge in [0, 0.05) is 37.1 Å². The minimum atomic E-state index is -0.869. The molecule has 47 heavy (non-hydrogen) atoms. The van der Waals surface area contributed by atoms with Crippen LogP contribution in [0.1, 0.15) is 74.4 Å². The monoisotopic (exact) mass is 659 g/mol. The van der Waals surface area contributed by atoms with E-state index in [1.807, 2.05) is 28.6 Å². The second kappa shape index (κ2) is 14.7. The molecule has 10 nitrogen and oxygen atoms in total. The van der Waals surface area contributed by atoms with Crippen LogP contribution in [0.3, 0.4) is 0 Å². The molecule has 1 saturated heterocycles. The molecule has 6 rings (SSSR count). The number of piperidine rings is 1. The zero-order valence-electron chi connectivity index (χ0n) is 26.8. The smallest absolute Gasteiger partial charge is 0.287 e. The lowest BCUT2D eigenvalue weighted by atomic mass is 9.63. The highest BCUT2D eigenvalue weighted by atomic mass is 35.5. The molecule has 0 unspecified atom stereocenters. The van der Waals surface area contributed by atoms with Crippen LogP contribution in [-0.2, 0) is 17.8 Å². The van der Waals surface area contributed by atoms with Crippen molar-refractivity contribution in [3.63, 3.8) is 0 Å². The van der Waals surface area contributed by atoms with E-state index in [2.05, 4.69) is 15.4 Å². The third-order valence-corrected chi connectivity index (χ3v) is 10.1. The Morgan fingerprint density at radius 1 is 1.09 bits per heavy atom. The number of carbonyl (C=O) groups excluding carboxylic acids is 2. The number of halogens is 1. The molecular formula is C36H42ClN5O5. The van der Waals surface area contributed by atoms with Gasteiger partial charge in [0.05, 0.1) is 12.0 Å². The quantitative estimate of drug-likeness (QED) is 0.208. The average molecular weight is 660 g/mol. The maximum Gasteiger partial charge on any atom is 0.287 e. The first-order valence-corrected chi connectivity index (χ1v) is 17.1. The maximum absolute atomic E-state index is 14.2. The molecule has 0 bridgehead atoms. The van der Waals surface area contributed by atoms with Crippen LogP contribution < -0.4 is 15.5 Å². The molecular weight excluding hydrogens is 618 g/mol. The summed E-state index contributed by atoms with van der Waals surface area (Å²) in [5, 5.41) is 8.23. The Hall–Kier alpha value is -4.18. The number of benzene rings is 2. The molecule has 2 amide bonds. The van der Waals surface area contributed by atoms with Gasteiger partial charge in [-0.2, -0.15) is 5.10 Å². The Morgan fingerprint density at radius 3 is 2.55 bits per heavy atom. The number of hydrogen-bond acceptors (Lipinski definition) is 7. The van der Waals surface area contributed by atoms with Gasteiger partial charge in [-0.25, -0.2) is 4.98 Å². The van der Waals surface area contributed by atoms with Crippen molar-refractivity contribution >= 4 is 34.4 Å². The van der Waals surface area contributed by atoms with Crippen LogP contribution in [0.5, 0.6) is 5.75 Å². The molecule has 1 atom stereocenters. The van der Waals surface area contributed by atoms with Crippen molar-refractivity contribution in [2.24, 2.45) is 11.3 Å². The third kappa shape index (κ3) is 7.70. The molecule has 248 valence electrons. The summed E-state index contributed by atoms with van der Waals surface area (Å²) >= 11 is 6.13. The van der Waals surface area contributed by atoms with Crippen LogP contribution in [0, 0.1) is 11.3 Å². The number of fused-ring (bicyclic) bond motifs is 1. The Kier molecular flexibility index (Phi) is 10.3. The van der Waals surface area contributed by atoms with Crippen molar-refractivity contribution < 1.29 is 18.7 Å². The first-order valence-electron chi connectivity index (χ1n) is 16.7. The number of ether oxygens (including phenoxy) is 1. The molecule has 0 radical (unpaired) electrons. The van der Waals surface area contributed by atoms with Crippen LogP contribution in [0.4, 0.5) is 0 Å². The van der Waals surface area contributed by atoms with Crippen LogP contribution in [0.25, 0.3) is 11.0 Å². The van der Waals surface area contributed by atoms with Gasteiger partial charge in [-0.3, -0.25) is 19.1 Å². The van der Waals surface area contributed by atoms with E-state index in [1.165, 1.54) is 38.2 Å². The Balaban J connectivity index is 1.21. The zero-order valence-corrected chi connectivity index (χ0v) is 27.6. The summed E-state index contributed by atoms with van der Waals surface area (Å²) in [5.74, 6) is 0.205. The molecule has 11 heteroatoms. The molecule has 4 aromatic rings. The van der Waals surface area contributed by atoms with Crippen LogP contribution in [-0.4, -0.2) is 57.2 Å². The maximum atomic E-state index is 14.2. The number of nitrogens with one attached hydrogen (secondary N) is 1. The lowest BCUT2D eigenvalue weighted by Gasteiger charge is -2.48. The highest BCUT2D eigenvalue weighted by molar-refractivity contribution is 6.30. The summed E-state index contributed by atoms with van der Waals surface area (Å²) in [7, 11) is 0. The summed E-state index contributed by atoms with van der Waals surface area (Å²) in [4.78, 5) is 46.9. The van der Waals surface area contributed by atoms with E-state index in [4.69, 9.17) is 20.8 Å². The summed E-state index contributed by atoms with van der Waals surface area (Å²) in [6.07, 6.45) is 12.3. The predicted molar refractivity (Wildman–Crippen MR) is 180 cm³/mol. The minimum Gasteiger partial charge on any atom is -0.494 e. The van der Waals surface area contributed by atoms with Gasteiger partial charge in [0.25, 0.3) is 5.91 Å². The lowest BCUT2D eigenvalue weighted by molar-refractivity contribution is -0.136. The van der Waals surface area contributed by atoms with Gasteiger partial charge < -0.3 is 19.4 Å². The van der Waals surface area contributed by atoms with E-state index in [1.54, 1.807) is 43.0 Å². The predicted octanol–water partition coefficient (Wildman–Crippen LogP) is 6.06. The first-order chi connectivity index (χ1) is 22.8.